The highest BCUT2D eigenvalue weighted by atomic mass is 35.5. The molecule has 0 amide bonds. The van der Waals surface area contributed by atoms with Crippen LogP contribution in [0.3, 0.4) is 0 Å². The lowest BCUT2D eigenvalue weighted by Crippen LogP contribution is -2.52. The summed E-state index contributed by atoms with van der Waals surface area (Å²) in [4.78, 5) is 0. The fourth-order valence-electron chi connectivity index (χ4n) is 2.98. The SMILES string of the molecule is CCCCC(O)(CNN)C1CCC(C)CC1Cl. The van der Waals surface area contributed by atoms with E-state index in [9.17, 15) is 5.11 Å². The zero-order chi connectivity index (χ0) is 12.9. The molecule has 0 radical (unpaired) electrons. The van der Waals surface area contributed by atoms with E-state index in [2.05, 4.69) is 19.3 Å². The van der Waals surface area contributed by atoms with Crippen LogP contribution in [-0.4, -0.2) is 22.6 Å². The van der Waals surface area contributed by atoms with Crippen molar-refractivity contribution in [3.63, 3.8) is 0 Å². The van der Waals surface area contributed by atoms with Crippen molar-refractivity contribution in [1.29, 1.82) is 0 Å². The molecule has 4 N–H and O–H groups in total. The van der Waals surface area contributed by atoms with Crippen molar-refractivity contribution in [3.8, 4) is 0 Å². The van der Waals surface area contributed by atoms with E-state index >= 15 is 0 Å². The Balaban J connectivity index is 2.67. The molecule has 1 aliphatic rings. The molecule has 0 heterocycles. The van der Waals surface area contributed by atoms with Gasteiger partial charge in [-0.05, 0) is 25.2 Å². The number of unbranched alkanes of at least 4 members (excludes halogenated alkanes) is 1. The molecule has 1 fully saturated rings. The zero-order valence-electron chi connectivity index (χ0n) is 11.1. The van der Waals surface area contributed by atoms with Crippen LogP contribution in [-0.2, 0) is 0 Å². The number of nitrogens with one attached hydrogen (secondary N) is 1. The summed E-state index contributed by atoms with van der Waals surface area (Å²) in [6.45, 7) is 4.81. The molecule has 0 aliphatic heterocycles. The number of hydrazine groups is 1. The molecule has 0 aromatic carbocycles. The van der Waals surface area contributed by atoms with Gasteiger partial charge in [-0.1, -0.05) is 33.1 Å². The number of halogens is 1. The lowest BCUT2D eigenvalue weighted by atomic mass is 9.71. The number of alkyl halides is 1. The van der Waals surface area contributed by atoms with Crippen LogP contribution in [0, 0.1) is 11.8 Å². The van der Waals surface area contributed by atoms with E-state index in [4.69, 9.17) is 17.4 Å². The molecule has 1 saturated carbocycles. The topological polar surface area (TPSA) is 58.3 Å². The number of aliphatic hydroxyl groups is 1. The third-order valence-electron chi connectivity index (χ3n) is 4.10. The molecule has 17 heavy (non-hydrogen) atoms. The van der Waals surface area contributed by atoms with Gasteiger partial charge in [0.15, 0.2) is 0 Å². The predicted octanol–water partition coefficient (Wildman–Crippen LogP) is 2.41. The summed E-state index contributed by atoms with van der Waals surface area (Å²) in [5.74, 6) is 6.26. The first kappa shape index (κ1) is 15.2. The van der Waals surface area contributed by atoms with E-state index < -0.39 is 5.60 Å². The number of hydrogen-bond acceptors (Lipinski definition) is 3. The highest BCUT2D eigenvalue weighted by molar-refractivity contribution is 6.20. The average Bonchev–Trinajstić information content (AvgIpc) is 2.26. The van der Waals surface area contributed by atoms with Gasteiger partial charge in [-0.25, -0.2) is 0 Å². The number of rotatable bonds is 6. The maximum absolute atomic E-state index is 10.8. The van der Waals surface area contributed by atoms with Crippen molar-refractivity contribution in [2.45, 2.75) is 63.4 Å². The molecule has 4 atom stereocenters. The van der Waals surface area contributed by atoms with Gasteiger partial charge in [0.05, 0.1) is 5.60 Å². The molecule has 0 spiro atoms. The second-order valence-corrected chi connectivity index (χ2v) is 6.19. The Hall–Kier alpha value is 0.170. The van der Waals surface area contributed by atoms with Crippen LogP contribution in [0.25, 0.3) is 0 Å². The Bertz CT molecular complexity index is 227. The monoisotopic (exact) mass is 262 g/mol. The Kier molecular flexibility index (Phi) is 6.21. The van der Waals surface area contributed by atoms with Gasteiger partial charge in [-0.15, -0.1) is 11.6 Å². The molecule has 1 rings (SSSR count). The van der Waals surface area contributed by atoms with Crippen LogP contribution in [0.15, 0.2) is 0 Å². The van der Waals surface area contributed by atoms with Crippen molar-refractivity contribution in [2.24, 2.45) is 17.7 Å². The van der Waals surface area contributed by atoms with Gasteiger partial charge in [-0.2, -0.15) is 0 Å². The normalized spacial score (nSPS) is 33.4. The second kappa shape index (κ2) is 6.93. The third-order valence-corrected chi connectivity index (χ3v) is 4.58. The first-order valence-electron chi connectivity index (χ1n) is 6.83. The van der Waals surface area contributed by atoms with E-state index in [0.717, 1.165) is 38.5 Å². The Labute approximate surface area is 110 Å². The molecule has 3 nitrogen and oxygen atoms in total. The summed E-state index contributed by atoms with van der Waals surface area (Å²) in [7, 11) is 0. The molecule has 1 aliphatic carbocycles. The molecule has 0 bridgehead atoms. The molecule has 0 aromatic rings. The van der Waals surface area contributed by atoms with Gasteiger partial charge in [0.2, 0.25) is 0 Å². The lowest BCUT2D eigenvalue weighted by Gasteiger charge is -2.42. The second-order valence-electron chi connectivity index (χ2n) is 5.63. The smallest absolute Gasteiger partial charge is 0.0827 e. The van der Waals surface area contributed by atoms with E-state index in [1.54, 1.807) is 0 Å². The minimum atomic E-state index is -0.739. The van der Waals surface area contributed by atoms with Crippen molar-refractivity contribution >= 4 is 11.6 Å². The summed E-state index contributed by atoms with van der Waals surface area (Å²) in [6.07, 6.45) is 6.07. The summed E-state index contributed by atoms with van der Waals surface area (Å²) < 4.78 is 0. The standard InChI is InChI=1S/C13H27ClN2O/c1-3-4-7-13(17,9-16-15)11-6-5-10(2)8-12(11)14/h10-12,16-17H,3-9,15H2,1-2H3. The molecule has 4 heteroatoms. The van der Waals surface area contributed by atoms with E-state index in [0.29, 0.717) is 12.5 Å². The van der Waals surface area contributed by atoms with Crippen LogP contribution in [0.4, 0.5) is 0 Å². The van der Waals surface area contributed by atoms with Crippen LogP contribution in [0.2, 0.25) is 0 Å². The Morgan fingerprint density at radius 2 is 2.18 bits per heavy atom. The van der Waals surface area contributed by atoms with Crippen LogP contribution in [0.1, 0.15) is 52.4 Å². The van der Waals surface area contributed by atoms with E-state index in [1.165, 1.54) is 0 Å². The maximum Gasteiger partial charge on any atom is 0.0827 e. The average molecular weight is 263 g/mol. The first-order chi connectivity index (χ1) is 8.03. The molecular formula is C13H27ClN2O. The Morgan fingerprint density at radius 3 is 2.71 bits per heavy atom. The predicted molar refractivity (Wildman–Crippen MR) is 72.8 cm³/mol. The summed E-state index contributed by atoms with van der Waals surface area (Å²) in [5.41, 5.74) is 1.90. The highest BCUT2D eigenvalue weighted by Crippen LogP contribution is 2.40. The van der Waals surface area contributed by atoms with Crippen molar-refractivity contribution < 1.29 is 5.11 Å². The minimum Gasteiger partial charge on any atom is -0.388 e. The maximum atomic E-state index is 10.8. The number of nitrogens with two attached hydrogens (primary N) is 1. The van der Waals surface area contributed by atoms with Gasteiger partial charge >= 0.3 is 0 Å². The van der Waals surface area contributed by atoms with Crippen molar-refractivity contribution in [3.05, 3.63) is 0 Å². The molecule has 0 saturated heterocycles. The summed E-state index contributed by atoms with van der Waals surface area (Å²) >= 11 is 6.45. The molecular weight excluding hydrogens is 236 g/mol. The van der Waals surface area contributed by atoms with Gasteiger partial charge in [0, 0.05) is 17.8 Å². The largest absolute Gasteiger partial charge is 0.388 e. The van der Waals surface area contributed by atoms with Crippen LogP contribution >= 0.6 is 11.6 Å². The summed E-state index contributed by atoms with van der Waals surface area (Å²) in [6, 6.07) is 0. The van der Waals surface area contributed by atoms with Gasteiger partial charge in [0.25, 0.3) is 0 Å². The number of hydrogen-bond donors (Lipinski definition) is 3. The quantitative estimate of drug-likeness (QED) is 0.391. The van der Waals surface area contributed by atoms with Crippen LogP contribution in [0.5, 0.6) is 0 Å². The summed E-state index contributed by atoms with van der Waals surface area (Å²) in [5, 5.41) is 10.9. The fourth-order valence-corrected chi connectivity index (χ4v) is 3.65. The van der Waals surface area contributed by atoms with Gasteiger partial charge in [0.1, 0.15) is 0 Å². The fraction of sp³-hybridized carbons (Fsp3) is 1.00. The molecule has 0 aromatic heterocycles. The lowest BCUT2D eigenvalue weighted by molar-refractivity contribution is -0.0422. The Morgan fingerprint density at radius 1 is 1.47 bits per heavy atom. The highest BCUT2D eigenvalue weighted by Gasteiger charge is 2.42. The van der Waals surface area contributed by atoms with Crippen LogP contribution < -0.4 is 11.3 Å². The third kappa shape index (κ3) is 4.09. The zero-order valence-corrected chi connectivity index (χ0v) is 11.8. The van der Waals surface area contributed by atoms with Gasteiger partial charge in [-0.3, -0.25) is 11.3 Å². The van der Waals surface area contributed by atoms with Crippen molar-refractivity contribution in [1.82, 2.24) is 5.43 Å². The van der Waals surface area contributed by atoms with Crippen molar-refractivity contribution in [2.75, 3.05) is 6.54 Å². The first-order valence-corrected chi connectivity index (χ1v) is 7.27. The van der Waals surface area contributed by atoms with E-state index in [-0.39, 0.29) is 11.3 Å². The van der Waals surface area contributed by atoms with E-state index in [1.807, 2.05) is 0 Å². The van der Waals surface area contributed by atoms with Gasteiger partial charge < -0.3 is 5.11 Å². The molecule has 102 valence electrons. The molecule has 4 unspecified atom stereocenters. The minimum absolute atomic E-state index is 0.0777.